The molecule has 1 nitrogen and oxygen atoms in total. The largest absolute Gasteiger partial charge is 3.00 e. The molecular weight excluding hydrogens is 739 g/mol. The van der Waals surface area contributed by atoms with Gasteiger partial charge in [0.05, 0.1) is 6.61 Å². The summed E-state index contributed by atoms with van der Waals surface area (Å²) in [5.41, 5.74) is 7.14. The number of benzene rings is 4. The maximum absolute atomic E-state index is 11.3. The molecule has 3 heteroatoms. The predicted octanol–water partition coefficient (Wildman–Crippen LogP) is 14.2. The molecule has 1 N–H and O–H groups in total. The molecule has 2 atom stereocenters. The summed E-state index contributed by atoms with van der Waals surface area (Å²) in [6.45, 7) is 21.0. The summed E-state index contributed by atoms with van der Waals surface area (Å²) in [6.07, 6.45) is 18.9. The van der Waals surface area contributed by atoms with Crippen molar-refractivity contribution in [3.8, 4) is 0 Å². The van der Waals surface area contributed by atoms with Crippen molar-refractivity contribution >= 4 is 18.5 Å². The summed E-state index contributed by atoms with van der Waals surface area (Å²) in [5, 5.41) is 13.9. The van der Waals surface area contributed by atoms with Crippen molar-refractivity contribution in [2.75, 3.05) is 6.61 Å². The van der Waals surface area contributed by atoms with Crippen molar-refractivity contribution in [3.05, 3.63) is 143 Å². The number of rotatable bonds is 7. The van der Waals surface area contributed by atoms with Gasteiger partial charge in [-0.25, -0.2) is 0 Å². The first-order chi connectivity index (χ1) is 24.7. The molecule has 6 rings (SSSR count). The Kier molecular flexibility index (Phi) is 18.2. The van der Waals surface area contributed by atoms with Crippen LogP contribution in [0.15, 0.2) is 103 Å². The van der Waals surface area contributed by atoms with Crippen molar-refractivity contribution < 1.29 is 31.3 Å². The Hall–Kier alpha value is -2.11. The van der Waals surface area contributed by atoms with Gasteiger partial charge in [-0.1, -0.05) is 224 Å². The van der Waals surface area contributed by atoms with E-state index in [9.17, 15) is 5.11 Å². The average Bonchev–Trinajstić information content (AvgIpc) is 3.90. The van der Waals surface area contributed by atoms with E-state index in [1.165, 1.54) is 91.5 Å². The van der Waals surface area contributed by atoms with E-state index < -0.39 is 7.92 Å². The first-order valence-electron chi connectivity index (χ1n) is 20.1. The summed E-state index contributed by atoms with van der Waals surface area (Å²) in [6, 6.07) is 36.7. The third-order valence-electron chi connectivity index (χ3n) is 10.3. The van der Waals surface area contributed by atoms with E-state index in [1.807, 2.05) is 0 Å². The molecule has 1 radical (unpaired) electrons. The summed E-state index contributed by atoms with van der Waals surface area (Å²) >= 11 is 0. The molecule has 2 fully saturated rings. The fraction of sp³-hybridized carbons (Fsp3) is 0.480. The molecule has 4 aromatic rings. The van der Waals surface area contributed by atoms with Crippen LogP contribution in [0.4, 0.5) is 0 Å². The number of hydrogen-bond donors (Lipinski definition) is 1. The summed E-state index contributed by atoms with van der Waals surface area (Å²) < 4.78 is 0. The van der Waals surface area contributed by atoms with Crippen LogP contribution in [0.5, 0.6) is 0 Å². The first kappa shape index (κ1) is 45.3. The second kappa shape index (κ2) is 21.3. The molecular formula is C50H68OPZr+2. The van der Waals surface area contributed by atoms with Crippen LogP contribution >= 0.6 is 7.92 Å². The van der Waals surface area contributed by atoms with Gasteiger partial charge in [-0.05, 0) is 43.8 Å². The van der Waals surface area contributed by atoms with Crippen LogP contribution in [-0.2, 0) is 42.4 Å². The minimum Gasteiger partial charge on any atom is -0.395 e. The zero-order valence-corrected chi connectivity index (χ0v) is 37.9. The van der Waals surface area contributed by atoms with Crippen molar-refractivity contribution in [1.82, 2.24) is 0 Å². The summed E-state index contributed by atoms with van der Waals surface area (Å²) in [7, 11) is -1.12. The second-order valence-corrected chi connectivity index (χ2v) is 20.1. The maximum atomic E-state index is 11.3. The van der Waals surface area contributed by atoms with Crippen molar-refractivity contribution in [1.29, 1.82) is 0 Å². The normalized spacial score (nSPS) is 16.0. The molecule has 53 heavy (non-hydrogen) atoms. The smallest absolute Gasteiger partial charge is 0.395 e. The molecule has 2 aliphatic carbocycles. The van der Waals surface area contributed by atoms with Crippen LogP contribution in [0.3, 0.4) is 0 Å². The minimum absolute atomic E-state index is 0. The van der Waals surface area contributed by atoms with Gasteiger partial charge in [0.25, 0.3) is 0 Å². The minimum atomic E-state index is -1.12. The first-order valence-corrected chi connectivity index (χ1v) is 21.5. The van der Waals surface area contributed by atoms with Crippen molar-refractivity contribution in [2.24, 2.45) is 0 Å². The van der Waals surface area contributed by atoms with E-state index >= 15 is 0 Å². The van der Waals surface area contributed by atoms with Gasteiger partial charge in [-0.2, -0.15) is 0 Å². The van der Waals surface area contributed by atoms with E-state index in [0.29, 0.717) is 0 Å². The van der Waals surface area contributed by atoms with E-state index in [2.05, 4.69) is 172 Å². The molecule has 2 saturated carbocycles. The Morgan fingerprint density at radius 1 is 0.566 bits per heavy atom. The molecule has 0 spiro atoms. The Bertz CT molecular complexity index is 1590. The quantitative estimate of drug-likeness (QED) is 0.112. The van der Waals surface area contributed by atoms with Gasteiger partial charge in [0.2, 0.25) is 0 Å². The molecule has 2 aliphatic rings. The third kappa shape index (κ3) is 13.6. The standard InChI is InChI=1S/C40H48OP.2C5H10.Zr/c1-38(2,3)32-26-33(39(4,5)6)37(34(27-32)40(7,8)9)42(36(28-41)31-23-17-12-18-24-31)35(30-21-15-11-16-22-30)25-29-19-13-10-14-20-29;2*1-2-4-5-3-1;/h10-24,26-27,36,41H,28H2,1-9H3;2*1-5H2;/q-1;;;+3/t36-,42+;;;/m1.../s1. The number of hydrogen-bond acceptors (Lipinski definition) is 1. The Morgan fingerprint density at radius 3 is 1.30 bits per heavy atom. The van der Waals surface area contributed by atoms with Crippen LogP contribution in [0, 0.1) is 6.08 Å². The van der Waals surface area contributed by atoms with E-state index in [0.717, 1.165) is 16.7 Å². The van der Waals surface area contributed by atoms with Crippen LogP contribution in [0.1, 0.15) is 166 Å². The van der Waals surface area contributed by atoms with Gasteiger partial charge in [0.1, 0.15) is 0 Å². The molecule has 281 valence electrons. The Balaban J connectivity index is 0.000000591. The van der Waals surface area contributed by atoms with Crippen LogP contribution in [-0.4, -0.2) is 11.7 Å². The van der Waals surface area contributed by atoms with E-state index in [4.69, 9.17) is 0 Å². The van der Waals surface area contributed by atoms with Crippen LogP contribution < -0.4 is 5.30 Å². The zero-order chi connectivity index (χ0) is 37.8. The van der Waals surface area contributed by atoms with Crippen molar-refractivity contribution in [2.45, 2.75) is 148 Å². The van der Waals surface area contributed by atoms with E-state index in [-0.39, 0.29) is 54.7 Å². The summed E-state index contributed by atoms with van der Waals surface area (Å²) in [5.74, 6) is 0. The Morgan fingerprint density at radius 2 is 0.943 bits per heavy atom. The number of aliphatic hydroxyl groups excluding tert-OH is 1. The summed E-state index contributed by atoms with van der Waals surface area (Å²) in [4.78, 5) is 0. The third-order valence-corrected chi connectivity index (χ3v) is 13.2. The average molecular weight is 807 g/mol. The monoisotopic (exact) mass is 805 g/mol. The fourth-order valence-corrected chi connectivity index (χ4v) is 10.7. The Labute approximate surface area is 345 Å². The van der Waals surface area contributed by atoms with Gasteiger partial charge in [0, 0.05) is 5.66 Å². The molecule has 0 bridgehead atoms. The predicted molar refractivity (Wildman–Crippen MR) is 230 cm³/mol. The van der Waals surface area contributed by atoms with Crippen LogP contribution in [0.25, 0.3) is 5.31 Å². The molecule has 0 saturated heterocycles. The van der Waals surface area contributed by atoms with Gasteiger partial charge in [-0.3, -0.25) is 0 Å². The van der Waals surface area contributed by atoms with Gasteiger partial charge < -0.3 is 5.11 Å². The van der Waals surface area contributed by atoms with Crippen molar-refractivity contribution in [3.63, 3.8) is 0 Å². The SMILES string of the molecule is C1CCCC1.C1CCCC1.CC(C)(C)c1cc(C(C)(C)C)c([P@@](C(=[C-]c2ccccc2)c2ccccc2)[C@H](CO)c2ccccc2)c(C(C)(C)C)c1.[Zr+3]. The fourth-order valence-electron chi connectivity index (χ4n) is 7.20. The molecule has 4 aromatic carbocycles. The van der Waals surface area contributed by atoms with Gasteiger partial charge >= 0.3 is 26.2 Å². The molecule has 0 heterocycles. The molecule has 0 aromatic heterocycles. The molecule has 0 unspecified atom stereocenters. The van der Waals surface area contributed by atoms with Crippen LogP contribution in [0.2, 0.25) is 0 Å². The van der Waals surface area contributed by atoms with Gasteiger partial charge in [0.15, 0.2) is 0 Å². The molecule has 0 amide bonds. The van der Waals surface area contributed by atoms with E-state index in [1.54, 1.807) is 0 Å². The number of aliphatic hydroxyl groups is 1. The zero-order valence-electron chi connectivity index (χ0n) is 34.6. The molecule has 0 aliphatic heterocycles. The maximum Gasteiger partial charge on any atom is 3.00 e. The topological polar surface area (TPSA) is 20.2 Å². The second-order valence-electron chi connectivity index (χ2n) is 17.9. The van der Waals surface area contributed by atoms with Gasteiger partial charge in [-0.15, -0.1) is 35.9 Å².